The fourth-order valence-corrected chi connectivity index (χ4v) is 1.20. The van der Waals surface area contributed by atoms with E-state index in [1.807, 2.05) is 6.92 Å². The van der Waals surface area contributed by atoms with Crippen LogP contribution in [-0.4, -0.2) is 23.9 Å². The molecule has 4 heteroatoms. The van der Waals surface area contributed by atoms with Crippen LogP contribution in [0.5, 0.6) is 0 Å². The van der Waals surface area contributed by atoms with E-state index >= 15 is 0 Å². The Balaban J connectivity index is 4.56. The van der Waals surface area contributed by atoms with Gasteiger partial charge in [0.2, 0.25) is 0 Å². The van der Waals surface area contributed by atoms with E-state index < -0.39 is 6.23 Å². The van der Waals surface area contributed by atoms with Crippen LogP contribution >= 0.6 is 0 Å². The molecule has 4 nitrogen and oxygen atoms in total. The maximum Gasteiger partial charge on any atom is 0.333 e. The first kappa shape index (κ1) is 13.1. The third-order valence-corrected chi connectivity index (χ3v) is 1.99. The maximum atomic E-state index is 11.3. The van der Waals surface area contributed by atoms with Crippen molar-refractivity contribution in [2.75, 3.05) is 6.61 Å². The molecule has 0 aliphatic heterocycles. The highest BCUT2D eigenvalue weighted by Gasteiger charge is 2.12. The second-order valence-electron chi connectivity index (χ2n) is 3.07. The molecular formula is C10H19NO3. The number of hydrogen-bond acceptors (Lipinski definition) is 4. The van der Waals surface area contributed by atoms with Crippen molar-refractivity contribution < 1.29 is 14.6 Å². The zero-order chi connectivity index (χ0) is 11.1. The standard InChI is InChI=1S/C10H19NO3/c1-4-8(6-9(11)12)7(3)10(13)14-5-2/h9,12H,4-6,11H2,1-3H3. The van der Waals surface area contributed by atoms with Crippen LogP contribution in [-0.2, 0) is 9.53 Å². The van der Waals surface area contributed by atoms with Crippen LogP contribution in [0.4, 0.5) is 0 Å². The Kier molecular flexibility index (Phi) is 6.16. The first-order valence-corrected chi connectivity index (χ1v) is 4.82. The predicted molar refractivity (Wildman–Crippen MR) is 54.4 cm³/mol. The molecule has 0 aromatic carbocycles. The molecule has 3 N–H and O–H groups in total. The lowest BCUT2D eigenvalue weighted by molar-refractivity contribution is -0.138. The summed E-state index contributed by atoms with van der Waals surface area (Å²) in [6, 6.07) is 0. The van der Waals surface area contributed by atoms with Crippen LogP contribution in [0.1, 0.15) is 33.6 Å². The monoisotopic (exact) mass is 201 g/mol. The average Bonchev–Trinajstić information content (AvgIpc) is 2.13. The Labute approximate surface area is 84.7 Å². The first-order valence-electron chi connectivity index (χ1n) is 4.82. The summed E-state index contributed by atoms with van der Waals surface area (Å²) in [6.07, 6.45) is 0.106. The van der Waals surface area contributed by atoms with Gasteiger partial charge in [-0.25, -0.2) is 4.79 Å². The van der Waals surface area contributed by atoms with E-state index in [4.69, 9.17) is 15.6 Å². The van der Waals surface area contributed by atoms with Crippen molar-refractivity contribution in [3.63, 3.8) is 0 Å². The van der Waals surface area contributed by atoms with E-state index in [1.54, 1.807) is 13.8 Å². The molecule has 0 heterocycles. The lowest BCUT2D eigenvalue weighted by atomic mass is 10.0. The topological polar surface area (TPSA) is 72.5 Å². The molecule has 0 rings (SSSR count). The summed E-state index contributed by atoms with van der Waals surface area (Å²) in [5.41, 5.74) is 6.65. The van der Waals surface area contributed by atoms with Gasteiger partial charge in [-0.2, -0.15) is 0 Å². The highest BCUT2D eigenvalue weighted by Crippen LogP contribution is 2.14. The first-order chi connectivity index (χ1) is 6.52. The number of nitrogens with two attached hydrogens (primary N) is 1. The molecule has 0 radical (unpaired) electrons. The molecule has 0 aliphatic rings. The number of aliphatic hydroxyl groups excluding tert-OH is 1. The second kappa shape index (κ2) is 6.56. The summed E-state index contributed by atoms with van der Waals surface area (Å²) in [4.78, 5) is 11.3. The number of rotatable bonds is 5. The van der Waals surface area contributed by atoms with Gasteiger partial charge in [0.15, 0.2) is 0 Å². The zero-order valence-electron chi connectivity index (χ0n) is 9.04. The molecule has 1 unspecified atom stereocenters. The number of ether oxygens (including phenoxy) is 1. The molecule has 0 fully saturated rings. The van der Waals surface area contributed by atoms with Gasteiger partial charge in [-0.3, -0.25) is 0 Å². The quantitative estimate of drug-likeness (QED) is 0.394. The van der Waals surface area contributed by atoms with Crippen LogP contribution in [0, 0.1) is 0 Å². The highest BCUT2D eigenvalue weighted by atomic mass is 16.5. The normalized spacial score (nSPS) is 14.6. The summed E-state index contributed by atoms with van der Waals surface area (Å²) in [7, 11) is 0. The van der Waals surface area contributed by atoms with Crippen LogP contribution in [0.3, 0.4) is 0 Å². The Morgan fingerprint density at radius 2 is 2.07 bits per heavy atom. The second-order valence-corrected chi connectivity index (χ2v) is 3.07. The molecule has 0 saturated carbocycles. The summed E-state index contributed by atoms with van der Waals surface area (Å²) in [5.74, 6) is -0.329. The number of hydrogen-bond donors (Lipinski definition) is 2. The van der Waals surface area contributed by atoms with Crippen LogP contribution < -0.4 is 5.73 Å². The molecule has 0 spiro atoms. The maximum absolute atomic E-state index is 11.3. The molecule has 0 aliphatic carbocycles. The minimum Gasteiger partial charge on any atom is -0.463 e. The van der Waals surface area contributed by atoms with E-state index in [0.29, 0.717) is 25.0 Å². The largest absolute Gasteiger partial charge is 0.463 e. The fraction of sp³-hybridized carbons (Fsp3) is 0.700. The molecule has 0 bridgehead atoms. The number of aliphatic hydroxyl groups is 1. The average molecular weight is 201 g/mol. The van der Waals surface area contributed by atoms with Gasteiger partial charge in [0.1, 0.15) is 6.23 Å². The van der Waals surface area contributed by atoms with Crippen LogP contribution in [0.15, 0.2) is 11.1 Å². The zero-order valence-corrected chi connectivity index (χ0v) is 9.04. The van der Waals surface area contributed by atoms with Crippen molar-refractivity contribution in [3.05, 3.63) is 11.1 Å². The Morgan fingerprint density at radius 3 is 2.43 bits per heavy atom. The molecule has 0 amide bonds. The summed E-state index contributed by atoms with van der Waals surface area (Å²) in [6.45, 7) is 5.73. The van der Waals surface area contributed by atoms with E-state index in [0.717, 1.165) is 5.57 Å². The highest BCUT2D eigenvalue weighted by molar-refractivity contribution is 5.88. The Bertz CT molecular complexity index is 221. The molecular weight excluding hydrogens is 182 g/mol. The fourth-order valence-electron chi connectivity index (χ4n) is 1.20. The summed E-state index contributed by atoms with van der Waals surface area (Å²) in [5, 5.41) is 9.01. The van der Waals surface area contributed by atoms with Crippen molar-refractivity contribution in [2.24, 2.45) is 5.73 Å². The van der Waals surface area contributed by atoms with Gasteiger partial charge in [-0.1, -0.05) is 12.5 Å². The van der Waals surface area contributed by atoms with Gasteiger partial charge in [0, 0.05) is 12.0 Å². The SMILES string of the molecule is CCOC(=O)C(C)=C(CC)CC(N)O. The number of carbonyl (C=O) groups is 1. The summed E-state index contributed by atoms with van der Waals surface area (Å²) >= 11 is 0. The van der Waals surface area contributed by atoms with E-state index in [1.165, 1.54) is 0 Å². The Morgan fingerprint density at radius 1 is 1.50 bits per heavy atom. The van der Waals surface area contributed by atoms with Crippen LogP contribution in [0.25, 0.3) is 0 Å². The molecule has 14 heavy (non-hydrogen) atoms. The van der Waals surface area contributed by atoms with Gasteiger partial charge < -0.3 is 15.6 Å². The third kappa shape index (κ3) is 4.39. The molecule has 82 valence electrons. The Hall–Kier alpha value is -0.870. The van der Waals surface area contributed by atoms with Gasteiger partial charge in [0.05, 0.1) is 6.61 Å². The van der Waals surface area contributed by atoms with Gasteiger partial charge >= 0.3 is 5.97 Å². The third-order valence-electron chi connectivity index (χ3n) is 1.99. The van der Waals surface area contributed by atoms with Gasteiger partial charge in [-0.15, -0.1) is 0 Å². The smallest absolute Gasteiger partial charge is 0.333 e. The molecule has 0 aromatic heterocycles. The van der Waals surface area contributed by atoms with Gasteiger partial charge in [-0.05, 0) is 20.3 Å². The lowest BCUT2D eigenvalue weighted by Gasteiger charge is -2.11. The molecule has 1 atom stereocenters. The number of esters is 1. The van der Waals surface area contributed by atoms with E-state index in [-0.39, 0.29) is 5.97 Å². The minimum absolute atomic E-state index is 0.321. The lowest BCUT2D eigenvalue weighted by Crippen LogP contribution is -2.20. The van der Waals surface area contributed by atoms with Gasteiger partial charge in [0.25, 0.3) is 0 Å². The molecule has 0 saturated heterocycles. The predicted octanol–water partition coefficient (Wildman–Crippen LogP) is 0.943. The van der Waals surface area contributed by atoms with E-state index in [9.17, 15) is 4.79 Å². The number of carbonyl (C=O) groups excluding carboxylic acids is 1. The summed E-state index contributed by atoms with van der Waals surface area (Å²) < 4.78 is 4.85. The van der Waals surface area contributed by atoms with Crippen molar-refractivity contribution in [2.45, 2.75) is 39.8 Å². The minimum atomic E-state index is -0.908. The van der Waals surface area contributed by atoms with Crippen molar-refractivity contribution in [1.82, 2.24) is 0 Å². The molecule has 0 aromatic rings. The van der Waals surface area contributed by atoms with E-state index in [2.05, 4.69) is 0 Å². The van der Waals surface area contributed by atoms with Crippen LogP contribution in [0.2, 0.25) is 0 Å². The van der Waals surface area contributed by atoms with Crippen molar-refractivity contribution >= 4 is 5.97 Å². The van der Waals surface area contributed by atoms with Crippen molar-refractivity contribution in [3.8, 4) is 0 Å². The van der Waals surface area contributed by atoms with Crippen molar-refractivity contribution in [1.29, 1.82) is 0 Å².